The van der Waals surface area contributed by atoms with Crippen LogP contribution in [0.1, 0.15) is 56.5 Å². The first-order chi connectivity index (χ1) is 27.9. The zero-order valence-electron chi connectivity index (χ0n) is 31.5. The molecule has 2 atom stereocenters. The molecule has 0 radical (unpaired) electrons. The van der Waals surface area contributed by atoms with Gasteiger partial charge in [0.2, 0.25) is 0 Å². The maximum Gasteiger partial charge on any atom is 0.351 e. The molecule has 4 N–H and O–H groups in total. The fourth-order valence-corrected chi connectivity index (χ4v) is 8.69. The highest BCUT2D eigenvalue weighted by molar-refractivity contribution is 7.17. The summed E-state index contributed by atoms with van der Waals surface area (Å²) < 4.78 is 25.9. The lowest BCUT2D eigenvalue weighted by molar-refractivity contribution is 0.0590. The number of nitrogens with two attached hydrogens (primary N) is 2. The van der Waals surface area contributed by atoms with Crippen LogP contribution in [0.25, 0.3) is 32.1 Å². The van der Waals surface area contributed by atoms with E-state index >= 15 is 0 Å². The van der Waals surface area contributed by atoms with Gasteiger partial charge in [-0.1, -0.05) is 59.6 Å². The summed E-state index contributed by atoms with van der Waals surface area (Å²) in [6.07, 6.45) is 2.68. The molecule has 8 rings (SSSR count). The van der Waals surface area contributed by atoms with Crippen LogP contribution in [0.2, 0.25) is 10.0 Å². The Morgan fingerprint density at radius 3 is 1.60 bits per heavy atom. The van der Waals surface area contributed by atoms with Gasteiger partial charge in [-0.2, -0.15) is 0 Å². The Balaban J connectivity index is 0.000000177. The maximum absolute atomic E-state index is 12.4. The molecule has 4 aromatic carbocycles. The van der Waals surface area contributed by atoms with Crippen LogP contribution in [0.15, 0.2) is 110 Å². The number of fused-ring (bicyclic) bond motifs is 2. The molecular formula is C42H36Cl2N6O6S2. The summed E-state index contributed by atoms with van der Waals surface area (Å²) >= 11 is 15.1. The number of aromatic nitrogens is 4. The van der Waals surface area contributed by atoms with Crippen LogP contribution in [-0.2, 0) is 9.47 Å². The number of thiophene rings is 2. The Hall–Kier alpha value is -6.06. The van der Waals surface area contributed by atoms with E-state index in [1.165, 1.54) is 36.9 Å². The topological polar surface area (TPSA) is 159 Å². The standard InChI is InChI=1S/2C21H18ClN3O3S/c1-12(14-5-3-4-6-15(14)22)28-18-10-19(29-20(18)21(26)27-2)25-11-24-16-9-13(23)7-8-17(16)25;1-12(14-5-3-4-6-15(14)22)28-18-10-19(29-20(18)21(26)27-2)25-11-24-16-8-7-13(23)9-17(16)25/h2*3-12H,23H2,1-2H3. The minimum absolute atomic E-state index is 0.353. The van der Waals surface area contributed by atoms with Gasteiger partial charge >= 0.3 is 11.9 Å². The molecule has 0 aliphatic rings. The minimum atomic E-state index is -0.466. The highest BCUT2D eigenvalue weighted by atomic mass is 35.5. The van der Waals surface area contributed by atoms with Crippen LogP contribution in [0.4, 0.5) is 11.4 Å². The molecule has 2 unspecified atom stereocenters. The number of rotatable bonds is 10. The van der Waals surface area contributed by atoms with Crippen LogP contribution in [0.3, 0.4) is 0 Å². The summed E-state index contributed by atoms with van der Waals surface area (Å²) in [6.45, 7) is 3.77. The van der Waals surface area contributed by atoms with Crippen molar-refractivity contribution in [2.75, 3.05) is 25.7 Å². The zero-order chi connectivity index (χ0) is 41.1. The number of anilines is 2. The van der Waals surface area contributed by atoms with Crippen LogP contribution < -0.4 is 20.9 Å². The van der Waals surface area contributed by atoms with Gasteiger partial charge in [0.15, 0.2) is 9.75 Å². The lowest BCUT2D eigenvalue weighted by Crippen LogP contribution is -2.07. The number of hydrogen-bond acceptors (Lipinski definition) is 12. The van der Waals surface area contributed by atoms with Crippen LogP contribution in [0.5, 0.6) is 11.5 Å². The van der Waals surface area contributed by atoms with Crippen molar-refractivity contribution in [2.45, 2.75) is 26.1 Å². The van der Waals surface area contributed by atoms with Gasteiger partial charge < -0.3 is 30.4 Å². The monoisotopic (exact) mass is 854 g/mol. The van der Waals surface area contributed by atoms with Crippen molar-refractivity contribution >= 4 is 91.3 Å². The molecule has 0 saturated heterocycles. The second kappa shape index (κ2) is 17.2. The predicted octanol–water partition coefficient (Wildman–Crippen LogP) is 10.5. The minimum Gasteiger partial charge on any atom is -0.484 e. The predicted molar refractivity (Wildman–Crippen MR) is 230 cm³/mol. The van der Waals surface area contributed by atoms with Crippen molar-refractivity contribution in [3.05, 3.63) is 141 Å². The Morgan fingerprint density at radius 1 is 0.621 bits per heavy atom. The second-order valence-corrected chi connectivity index (χ2v) is 15.7. The molecule has 0 saturated carbocycles. The smallest absolute Gasteiger partial charge is 0.351 e. The average molecular weight is 856 g/mol. The normalized spacial score (nSPS) is 12.1. The summed E-state index contributed by atoms with van der Waals surface area (Å²) in [5, 5.41) is 2.75. The molecule has 58 heavy (non-hydrogen) atoms. The largest absolute Gasteiger partial charge is 0.484 e. The molecule has 0 amide bonds. The van der Waals surface area contributed by atoms with Crippen molar-refractivity contribution in [1.82, 2.24) is 19.1 Å². The highest BCUT2D eigenvalue weighted by Crippen LogP contribution is 2.39. The highest BCUT2D eigenvalue weighted by Gasteiger charge is 2.24. The van der Waals surface area contributed by atoms with E-state index in [2.05, 4.69) is 9.97 Å². The Kier molecular flexibility index (Phi) is 11.9. The SMILES string of the molecule is COC(=O)c1sc(-n2cnc3cc(N)ccc32)cc1OC(C)c1ccccc1Cl.COC(=O)c1sc(-n2cnc3ccc(N)cc32)cc1OC(C)c1ccccc1Cl. The molecule has 16 heteroatoms. The van der Waals surface area contributed by atoms with Gasteiger partial charge in [0.1, 0.15) is 46.4 Å². The number of carbonyl (C=O) groups excluding carboxylic acids is 2. The van der Waals surface area contributed by atoms with Gasteiger partial charge in [-0.05, 0) is 62.4 Å². The summed E-state index contributed by atoms with van der Waals surface area (Å²) in [6, 6.07) is 29.5. The van der Waals surface area contributed by atoms with Crippen molar-refractivity contribution in [1.29, 1.82) is 0 Å². The number of methoxy groups -OCH3 is 2. The summed E-state index contributed by atoms with van der Waals surface area (Å²) in [4.78, 5) is 34.2. The summed E-state index contributed by atoms with van der Waals surface area (Å²) in [5.74, 6) is -0.0700. The van der Waals surface area contributed by atoms with E-state index in [0.29, 0.717) is 42.7 Å². The van der Waals surface area contributed by atoms with Gasteiger partial charge in [-0.25, -0.2) is 19.6 Å². The Labute approximate surface area is 351 Å². The van der Waals surface area contributed by atoms with E-state index in [9.17, 15) is 9.59 Å². The first-order valence-electron chi connectivity index (χ1n) is 17.7. The van der Waals surface area contributed by atoms with E-state index in [4.69, 9.17) is 53.6 Å². The first kappa shape index (κ1) is 40.1. The van der Waals surface area contributed by atoms with E-state index in [1.54, 1.807) is 43.0 Å². The molecule has 8 aromatic rings. The van der Waals surface area contributed by atoms with Gasteiger partial charge in [0, 0.05) is 44.7 Å². The van der Waals surface area contributed by atoms with Crippen molar-refractivity contribution in [3.63, 3.8) is 0 Å². The molecule has 0 fully saturated rings. The molecule has 4 aromatic heterocycles. The Morgan fingerprint density at radius 2 is 1.09 bits per heavy atom. The van der Waals surface area contributed by atoms with E-state index in [-0.39, 0.29) is 12.2 Å². The Bertz CT molecular complexity index is 2780. The number of carbonyl (C=O) groups is 2. The maximum atomic E-state index is 12.4. The lowest BCUT2D eigenvalue weighted by atomic mass is 10.1. The lowest BCUT2D eigenvalue weighted by Gasteiger charge is -2.16. The van der Waals surface area contributed by atoms with Gasteiger partial charge in [0.25, 0.3) is 0 Å². The molecule has 0 bridgehead atoms. The third kappa shape index (κ3) is 8.31. The number of imidazole rings is 2. The second-order valence-electron chi connectivity index (χ2n) is 12.8. The van der Waals surface area contributed by atoms with E-state index in [0.717, 1.165) is 43.2 Å². The average Bonchev–Trinajstić information content (AvgIpc) is 4.02. The number of benzene rings is 4. The fraction of sp³-hybridized carbons (Fsp3) is 0.143. The third-order valence-electron chi connectivity index (χ3n) is 9.02. The summed E-state index contributed by atoms with van der Waals surface area (Å²) in [7, 11) is 2.69. The number of halogens is 2. The number of hydrogen-bond donors (Lipinski definition) is 2. The molecular weight excluding hydrogens is 820 g/mol. The molecule has 296 valence electrons. The van der Waals surface area contributed by atoms with Gasteiger partial charge in [-0.3, -0.25) is 9.13 Å². The van der Waals surface area contributed by atoms with Crippen LogP contribution in [-0.4, -0.2) is 45.3 Å². The first-order valence-corrected chi connectivity index (χ1v) is 20.1. The quantitative estimate of drug-likeness (QED) is 0.100. The number of ether oxygens (including phenoxy) is 4. The van der Waals surface area contributed by atoms with E-state index < -0.39 is 11.9 Å². The van der Waals surface area contributed by atoms with Crippen LogP contribution >= 0.6 is 45.9 Å². The fourth-order valence-electron chi connectivity index (χ4n) is 6.13. The molecule has 12 nitrogen and oxygen atoms in total. The molecule has 0 aliphatic heterocycles. The molecule has 0 spiro atoms. The van der Waals surface area contributed by atoms with Gasteiger partial charge in [-0.15, -0.1) is 22.7 Å². The van der Waals surface area contributed by atoms with Crippen molar-refractivity contribution < 1.29 is 28.5 Å². The van der Waals surface area contributed by atoms with E-state index in [1.807, 2.05) is 89.7 Å². The zero-order valence-corrected chi connectivity index (χ0v) is 34.7. The number of esters is 2. The van der Waals surface area contributed by atoms with Crippen LogP contribution in [0, 0.1) is 0 Å². The number of nitrogens with zero attached hydrogens (tertiary/aromatic N) is 4. The molecule has 0 aliphatic carbocycles. The summed E-state index contributed by atoms with van der Waals surface area (Å²) in [5.41, 5.74) is 18.0. The van der Waals surface area contributed by atoms with Crippen molar-refractivity contribution in [2.24, 2.45) is 0 Å². The number of nitrogen functional groups attached to an aromatic ring is 2. The molecule has 4 heterocycles. The van der Waals surface area contributed by atoms with Gasteiger partial charge in [0.05, 0.1) is 36.3 Å². The van der Waals surface area contributed by atoms with Crippen molar-refractivity contribution in [3.8, 4) is 21.5 Å². The third-order valence-corrected chi connectivity index (χ3v) is 11.9.